The van der Waals surface area contributed by atoms with Crippen LogP contribution in [0.4, 0.5) is 0 Å². The molecule has 1 atom stereocenters. The highest BCUT2D eigenvalue weighted by molar-refractivity contribution is 5.75. The summed E-state index contributed by atoms with van der Waals surface area (Å²) in [6, 6.07) is 0.0206. The molecule has 2 saturated heterocycles. The molecule has 2 fully saturated rings. The van der Waals surface area contributed by atoms with E-state index in [9.17, 15) is 4.79 Å². The van der Waals surface area contributed by atoms with Crippen molar-refractivity contribution in [3.8, 4) is 0 Å². The van der Waals surface area contributed by atoms with Crippen LogP contribution in [0.15, 0.2) is 0 Å². The average molecular weight is 268 g/mol. The van der Waals surface area contributed by atoms with Gasteiger partial charge < -0.3 is 9.64 Å². The number of ether oxygens (including phenoxy) is 1. The van der Waals surface area contributed by atoms with Gasteiger partial charge in [0.1, 0.15) is 6.04 Å². The monoisotopic (exact) mass is 268 g/mol. The average Bonchev–Trinajstić information content (AvgIpc) is 2.93. The molecule has 0 aromatic heterocycles. The fourth-order valence-corrected chi connectivity index (χ4v) is 3.27. The minimum absolute atomic E-state index is 0.0108. The molecule has 4 heteroatoms. The van der Waals surface area contributed by atoms with Crippen LogP contribution in [-0.2, 0) is 9.53 Å². The fourth-order valence-electron chi connectivity index (χ4n) is 3.27. The van der Waals surface area contributed by atoms with E-state index in [-0.39, 0.29) is 12.0 Å². The third-order valence-corrected chi connectivity index (χ3v) is 4.29. The van der Waals surface area contributed by atoms with E-state index >= 15 is 0 Å². The van der Waals surface area contributed by atoms with Crippen molar-refractivity contribution in [3.05, 3.63) is 0 Å². The van der Waals surface area contributed by atoms with Gasteiger partial charge in [-0.1, -0.05) is 6.42 Å². The quantitative estimate of drug-likeness (QED) is 0.689. The Morgan fingerprint density at radius 1 is 1.11 bits per heavy atom. The molecule has 0 radical (unpaired) electrons. The van der Waals surface area contributed by atoms with E-state index in [1.165, 1.54) is 45.3 Å². The standard InChI is InChI=1S/C15H28N2O2/c1-2-19-15(18)14-8-3-4-12-17(14)13-7-11-16-9-5-6-10-16/h14H,2-13H2,1H3. The van der Waals surface area contributed by atoms with Crippen LogP contribution >= 0.6 is 0 Å². The Bertz CT molecular complexity index is 277. The number of hydrogen-bond acceptors (Lipinski definition) is 4. The van der Waals surface area contributed by atoms with Gasteiger partial charge in [0.25, 0.3) is 0 Å². The number of hydrogen-bond donors (Lipinski definition) is 0. The molecule has 19 heavy (non-hydrogen) atoms. The van der Waals surface area contributed by atoms with Crippen molar-refractivity contribution in [3.63, 3.8) is 0 Å². The highest BCUT2D eigenvalue weighted by atomic mass is 16.5. The lowest BCUT2D eigenvalue weighted by molar-refractivity contribution is -0.150. The van der Waals surface area contributed by atoms with Crippen molar-refractivity contribution in [1.29, 1.82) is 0 Å². The second-order valence-electron chi connectivity index (χ2n) is 5.70. The molecular weight excluding hydrogens is 240 g/mol. The number of carbonyl (C=O) groups excluding carboxylic acids is 1. The van der Waals surface area contributed by atoms with Crippen molar-refractivity contribution in [1.82, 2.24) is 9.80 Å². The third kappa shape index (κ3) is 4.46. The predicted octanol–water partition coefficient (Wildman–Crippen LogP) is 1.89. The Balaban J connectivity index is 1.73. The van der Waals surface area contributed by atoms with Gasteiger partial charge in [0.2, 0.25) is 0 Å². The lowest BCUT2D eigenvalue weighted by Gasteiger charge is -2.34. The van der Waals surface area contributed by atoms with Crippen molar-refractivity contribution in [2.24, 2.45) is 0 Å². The smallest absolute Gasteiger partial charge is 0.323 e. The second kappa shape index (κ2) is 7.85. The summed E-state index contributed by atoms with van der Waals surface area (Å²) >= 11 is 0. The summed E-state index contributed by atoms with van der Waals surface area (Å²) in [5.41, 5.74) is 0. The van der Waals surface area contributed by atoms with E-state index in [2.05, 4.69) is 9.80 Å². The fraction of sp³-hybridized carbons (Fsp3) is 0.933. The number of esters is 1. The number of rotatable bonds is 6. The highest BCUT2D eigenvalue weighted by Gasteiger charge is 2.29. The first-order valence-corrected chi connectivity index (χ1v) is 7.94. The van der Waals surface area contributed by atoms with Gasteiger partial charge in [0.05, 0.1) is 6.61 Å². The molecule has 110 valence electrons. The molecule has 0 bridgehead atoms. The van der Waals surface area contributed by atoms with Crippen LogP contribution in [0.2, 0.25) is 0 Å². The van der Waals surface area contributed by atoms with Crippen LogP contribution in [0.25, 0.3) is 0 Å². The Morgan fingerprint density at radius 3 is 2.58 bits per heavy atom. The molecule has 0 N–H and O–H groups in total. The number of carbonyl (C=O) groups is 1. The summed E-state index contributed by atoms with van der Waals surface area (Å²) in [5.74, 6) is -0.0108. The lowest BCUT2D eigenvalue weighted by Crippen LogP contribution is -2.46. The Morgan fingerprint density at radius 2 is 1.84 bits per heavy atom. The molecule has 2 aliphatic heterocycles. The predicted molar refractivity (Wildman–Crippen MR) is 76.1 cm³/mol. The molecule has 0 spiro atoms. The minimum atomic E-state index is -0.0108. The number of nitrogens with zero attached hydrogens (tertiary/aromatic N) is 2. The van der Waals surface area contributed by atoms with Crippen molar-refractivity contribution < 1.29 is 9.53 Å². The van der Waals surface area contributed by atoms with Crippen molar-refractivity contribution in [2.75, 3.05) is 39.3 Å². The van der Waals surface area contributed by atoms with Gasteiger partial charge in [-0.25, -0.2) is 0 Å². The lowest BCUT2D eigenvalue weighted by atomic mass is 10.0. The zero-order valence-corrected chi connectivity index (χ0v) is 12.3. The maximum atomic E-state index is 12.0. The molecule has 0 aliphatic carbocycles. The van der Waals surface area contributed by atoms with Gasteiger partial charge in [0, 0.05) is 6.54 Å². The van der Waals surface area contributed by atoms with Crippen LogP contribution < -0.4 is 0 Å². The van der Waals surface area contributed by atoms with Gasteiger partial charge in [0.15, 0.2) is 0 Å². The summed E-state index contributed by atoms with van der Waals surface area (Å²) in [6.07, 6.45) is 7.24. The summed E-state index contributed by atoms with van der Waals surface area (Å²) in [5, 5.41) is 0. The van der Waals surface area contributed by atoms with E-state index in [0.29, 0.717) is 6.61 Å². The number of likely N-dealkylation sites (tertiary alicyclic amines) is 2. The molecule has 2 heterocycles. The summed E-state index contributed by atoms with van der Waals surface area (Å²) in [6.45, 7) is 8.20. The number of piperidine rings is 1. The van der Waals surface area contributed by atoms with Gasteiger partial charge in [-0.15, -0.1) is 0 Å². The summed E-state index contributed by atoms with van der Waals surface area (Å²) in [4.78, 5) is 16.8. The Labute approximate surface area is 117 Å². The van der Waals surface area contributed by atoms with Gasteiger partial charge in [-0.2, -0.15) is 0 Å². The molecular formula is C15H28N2O2. The van der Waals surface area contributed by atoms with E-state index in [1.807, 2.05) is 6.92 Å². The molecule has 0 aromatic carbocycles. The zero-order valence-electron chi connectivity index (χ0n) is 12.3. The molecule has 0 aromatic rings. The van der Waals surface area contributed by atoms with E-state index < -0.39 is 0 Å². The van der Waals surface area contributed by atoms with E-state index in [1.54, 1.807) is 0 Å². The maximum absolute atomic E-state index is 12.0. The van der Waals surface area contributed by atoms with Crippen LogP contribution in [0.1, 0.15) is 45.4 Å². The SMILES string of the molecule is CCOC(=O)C1CCCCN1CCCN1CCCC1. The van der Waals surface area contributed by atoms with Crippen LogP contribution in [0.5, 0.6) is 0 Å². The van der Waals surface area contributed by atoms with Gasteiger partial charge in [-0.3, -0.25) is 9.69 Å². The molecule has 2 aliphatic rings. The summed E-state index contributed by atoms with van der Waals surface area (Å²) in [7, 11) is 0. The molecule has 0 saturated carbocycles. The first-order valence-electron chi connectivity index (χ1n) is 7.94. The Kier molecular flexibility index (Phi) is 6.11. The molecule has 4 nitrogen and oxygen atoms in total. The van der Waals surface area contributed by atoms with E-state index in [4.69, 9.17) is 4.74 Å². The van der Waals surface area contributed by atoms with Crippen LogP contribution in [-0.4, -0.2) is 61.1 Å². The second-order valence-corrected chi connectivity index (χ2v) is 5.70. The Hall–Kier alpha value is -0.610. The van der Waals surface area contributed by atoms with Gasteiger partial charge in [-0.05, 0) is 65.2 Å². The third-order valence-electron chi connectivity index (χ3n) is 4.29. The van der Waals surface area contributed by atoms with Crippen LogP contribution in [0, 0.1) is 0 Å². The normalized spacial score (nSPS) is 25.6. The minimum Gasteiger partial charge on any atom is -0.465 e. The van der Waals surface area contributed by atoms with E-state index in [0.717, 1.165) is 25.9 Å². The maximum Gasteiger partial charge on any atom is 0.323 e. The van der Waals surface area contributed by atoms with Crippen LogP contribution in [0.3, 0.4) is 0 Å². The highest BCUT2D eigenvalue weighted by Crippen LogP contribution is 2.19. The van der Waals surface area contributed by atoms with Gasteiger partial charge >= 0.3 is 5.97 Å². The summed E-state index contributed by atoms with van der Waals surface area (Å²) < 4.78 is 5.20. The largest absolute Gasteiger partial charge is 0.465 e. The zero-order chi connectivity index (χ0) is 13.5. The first-order chi connectivity index (χ1) is 9.31. The van der Waals surface area contributed by atoms with Crippen molar-refractivity contribution in [2.45, 2.75) is 51.5 Å². The van der Waals surface area contributed by atoms with Crippen molar-refractivity contribution >= 4 is 5.97 Å². The first kappa shape index (κ1) is 14.8. The molecule has 1 unspecified atom stereocenters. The molecule has 2 rings (SSSR count). The topological polar surface area (TPSA) is 32.8 Å². The molecule has 0 amide bonds.